The molecule has 0 atom stereocenters. The number of unbranched alkanes of at least 4 members (excludes halogenated alkanes) is 1. The van der Waals surface area contributed by atoms with Crippen molar-refractivity contribution in [1.82, 2.24) is 5.32 Å². The van der Waals surface area contributed by atoms with Crippen molar-refractivity contribution >= 4 is 18.3 Å². The summed E-state index contributed by atoms with van der Waals surface area (Å²) in [4.78, 5) is 11.1. The summed E-state index contributed by atoms with van der Waals surface area (Å²) in [6, 6.07) is 0. The van der Waals surface area contributed by atoms with Crippen molar-refractivity contribution in [3.8, 4) is 0 Å². The topological polar surface area (TPSA) is 64.3 Å². The molecule has 0 saturated carbocycles. The average molecular weight is 239 g/mol. The van der Waals surface area contributed by atoms with Crippen LogP contribution in [0.15, 0.2) is 0 Å². The molecule has 0 fully saturated rings. The predicted molar refractivity (Wildman–Crippen MR) is 64.3 cm³/mol. The summed E-state index contributed by atoms with van der Waals surface area (Å²) in [5.41, 5.74) is 5.29. The lowest BCUT2D eigenvalue weighted by Gasteiger charge is -2.04. The molecule has 0 aliphatic heterocycles. The number of amides is 1. The number of hydrogen-bond donors (Lipinski definition) is 2. The van der Waals surface area contributed by atoms with E-state index in [1.54, 1.807) is 0 Å². The Morgan fingerprint density at radius 3 is 2.67 bits per heavy atom. The first kappa shape index (κ1) is 17.1. The largest absolute Gasteiger partial charge is 0.382 e. The Bertz CT molecular complexity index is 145. The first-order valence-corrected chi connectivity index (χ1v) is 5.35. The van der Waals surface area contributed by atoms with Crippen LogP contribution in [-0.2, 0) is 9.53 Å². The molecule has 0 aromatic carbocycles. The molecule has 0 aromatic heterocycles. The fourth-order valence-electron chi connectivity index (χ4n) is 1.05. The first-order chi connectivity index (χ1) is 6.81. The van der Waals surface area contributed by atoms with E-state index in [1.165, 1.54) is 0 Å². The zero-order chi connectivity index (χ0) is 10.6. The van der Waals surface area contributed by atoms with E-state index in [0.29, 0.717) is 13.0 Å². The van der Waals surface area contributed by atoms with E-state index in [-0.39, 0.29) is 18.3 Å². The van der Waals surface area contributed by atoms with Crippen molar-refractivity contribution in [2.24, 2.45) is 5.73 Å². The van der Waals surface area contributed by atoms with Crippen LogP contribution in [0.25, 0.3) is 0 Å². The Labute approximate surface area is 98.3 Å². The minimum atomic E-state index is 0. The summed E-state index contributed by atoms with van der Waals surface area (Å²) in [7, 11) is 0. The number of ether oxygens (including phenoxy) is 1. The van der Waals surface area contributed by atoms with E-state index in [2.05, 4.69) is 5.32 Å². The van der Waals surface area contributed by atoms with Crippen LogP contribution in [0.3, 0.4) is 0 Å². The Hall–Kier alpha value is -0.320. The van der Waals surface area contributed by atoms with E-state index < -0.39 is 0 Å². The molecule has 15 heavy (non-hydrogen) atoms. The second kappa shape index (κ2) is 13.7. The lowest BCUT2D eigenvalue weighted by Crippen LogP contribution is -2.24. The predicted octanol–water partition coefficient (Wildman–Crippen LogP) is 1.08. The van der Waals surface area contributed by atoms with Gasteiger partial charge >= 0.3 is 0 Å². The molecule has 0 unspecified atom stereocenters. The van der Waals surface area contributed by atoms with Crippen LogP contribution >= 0.6 is 12.4 Å². The Balaban J connectivity index is 0. The SMILES string of the molecule is CCOCCCCNC(=O)CCCN.Cl. The normalized spacial score (nSPS) is 9.47. The van der Waals surface area contributed by atoms with Crippen molar-refractivity contribution in [3.05, 3.63) is 0 Å². The van der Waals surface area contributed by atoms with Crippen molar-refractivity contribution in [2.45, 2.75) is 32.6 Å². The molecular formula is C10H23ClN2O2. The number of nitrogens with two attached hydrogens (primary N) is 1. The molecule has 0 rings (SSSR count). The molecule has 0 aromatic rings. The van der Waals surface area contributed by atoms with Crippen molar-refractivity contribution in [1.29, 1.82) is 0 Å². The third kappa shape index (κ3) is 13.7. The van der Waals surface area contributed by atoms with Crippen molar-refractivity contribution in [2.75, 3.05) is 26.3 Å². The third-order valence-corrected chi connectivity index (χ3v) is 1.85. The van der Waals surface area contributed by atoms with Gasteiger partial charge in [-0.05, 0) is 32.7 Å². The molecule has 92 valence electrons. The molecule has 5 heteroatoms. The lowest BCUT2D eigenvalue weighted by atomic mass is 10.3. The second-order valence-corrected chi connectivity index (χ2v) is 3.15. The number of halogens is 1. The highest BCUT2D eigenvalue weighted by Gasteiger charge is 1.98. The van der Waals surface area contributed by atoms with Crippen LogP contribution in [0.4, 0.5) is 0 Å². The van der Waals surface area contributed by atoms with Gasteiger partial charge in [0.25, 0.3) is 0 Å². The zero-order valence-electron chi connectivity index (χ0n) is 9.46. The lowest BCUT2D eigenvalue weighted by molar-refractivity contribution is -0.121. The van der Waals surface area contributed by atoms with Crippen LogP contribution in [-0.4, -0.2) is 32.2 Å². The maximum Gasteiger partial charge on any atom is 0.220 e. The van der Waals surface area contributed by atoms with Crippen LogP contribution in [0, 0.1) is 0 Å². The number of rotatable bonds is 9. The van der Waals surface area contributed by atoms with Crippen LogP contribution in [0.5, 0.6) is 0 Å². The number of nitrogens with one attached hydrogen (secondary N) is 1. The van der Waals surface area contributed by atoms with E-state index in [0.717, 1.165) is 39.0 Å². The Kier molecular flexibility index (Phi) is 15.6. The van der Waals surface area contributed by atoms with Gasteiger partial charge in [-0.3, -0.25) is 4.79 Å². The van der Waals surface area contributed by atoms with Gasteiger partial charge in [0.2, 0.25) is 5.91 Å². The van der Waals surface area contributed by atoms with Gasteiger partial charge in [-0.15, -0.1) is 12.4 Å². The van der Waals surface area contributed by atoms with Gasteiger partial charge in [0.05, 0.1) is 0 Å². The van der Waals surface area contributed by atoms with Crippen molar-refractivity contribution < 1.29 is 9.53 Å². The minimum Gasteiger partial charge on any atom is -0.382 e. The maximum atomic E-state index is 11.1. The molecule has 4 nitrogen and oxygen atoms in total. The summed E-state index contributed by atoms with van der Waals surface area (Å²) in [6.45, 7) is 4.86. The number of hydrogen-bond acceptors (Lipinski definition) is 3. The smallest absolute Gasteiger partial charge is 0.220 e. The molecular weight excluding hydrogens is 216 g/mol. The highest BCUT2D eigenvalue weighted by Crippen LogP contribution is 1.90. The maximum absolute atomic E-state index is 11.1. The molecule has 0 spiro atoms. The molecule has 0 bridgehead atoms. The van der Waals surface area contributed by atoms with Gasteiger partial charge in [-0.25, -0.2) is 0 Å². The third-order valence-electron chi connectivity index (χ3n) is 1.85. The van der Waals surface area contributed by atoms with E-state index >= 15 is 0 Å². The van der Waals surface area contributed by atoms with E-state index in [4.69, 9.17) is 10.5 Å². The highest BCUT2D eigenvalue weighted by atomic mass is 35.5. The number of carbonyl (C=O) groups excluding carboxylic acids is 1. The summed E-state index contributed by atoms with van der Waals surface area (Å²) in [6.07, 6.45) is 3.30. The fourth-order valence-corrected chi connectivity index (χ4v) is 1.05. The molecule has 3 N–H and O–H groups in total. The highest BCUT2D eigenvalue weighted by molar-refractivity contribution is 5.85. The van der Waals surface area contributed by atoms with Gasteiger partial charge in [0.15, 0.2) is 0 Å². The van der Waals surface area contributed by atoms with Crippen molar-refractivity contribution in [3.63, 3.8) is 0 Å². The summed E-state index contributed by atoms with van der Waals surface area (Å²) in [5, 5.41) is 2.84. The summed E-state index contributed by atoms with van der Waals surface area (Å²) >= 11 is 0. The Morgan fingerprint density at radius 2 is 2.07 bits per heavy atom. The van der Waals surface area contributed by atoms with E-state index in [1.807, 2.05) is 6.92 Å². The summed E-state index contributed by atoms with van der Waals surface area (Å²) < 4.78 is 5.18. The van der Waals surface area contributed by atoms with Gasteiger partial charge in [0, 0.05) is 26.2 Å². The fraction of sp³-hybridized carbons (Fsp3) is 0.900. The Morgan fingerprint density at radius 1 is 1.33 bits per heavy atom. The standard InChI is InChI=1S/C10H22N2O2.ClH/c1-2-14-9-4-3-8-12-10(13)6-5-7-11;/h2-9,11H2,1H3,(H,12,13);1H. The number of carbonyl (C=O) groups is 1. The molecule has 0 heterocycles. The van der Waals surface area contributed by atoms with Gasteiger partial charge < -0.3 is 15.8 Å². The molecule has 0 aliphatic carbocycles. The summed E-state index contributed by atoms with van der Waals surface area (Å²) in [5.74, 6) is 0.104. The van der Waals surface area contributed by atoms with Crippen LogP contribution < -0.4 is 11.1 Å². The monoisotopic (exact) mass is 238 g/mol. The molecule has 1 amide bonds. The van der Waals surface area contributed by atoms with Crippen LogP contribution in [0.2, 0.25) is 0 Å². The second-order valence-electron chi connectivity index (χ2n) is 3.15. The van der Waals surface area contributed by atoms with Crippen LogP contribution in [0.1, 0.15) is 32.6 Å². The first-order valence-electron chi connectivity index (χ1n) is 5.35. The van der Waals surface area contributed by atoms with E-state index in [9.17, 15) is 4.79 Å². The van der Waals surface area contributed by atoms with Gasteiger partial charge in [0.1, 0.15) is 0 Å². The quantitative estimate of drug-likeness (QED) is 0.591. The van der Waals surface area contributed by atoms with Gasteiger partial charge in [-0.1, -0.05) is 0 Å². The minimum absolute atomic E-state index is 0. The molecule has 0 aliphatic rings. The molecule has 0 radical (unpaired) electrons. The zero-order valence-corrected chi connectivity index (χ0v) is 10.3. The molecule has 0 saturated heterocycles. The average Bonchev–Trinajstić information content (AvgIpc) is 2.20. The van der Waals surface area contributed by atoms with Gasteiger partial charge in [-0.2, -0.15) is 0 Å².